The number of fused-ring (bicyclic) bond motifs is 1. The summed E-state index contributed by atoms with van der Waals surface area (Å²) in [7, 11) is 0. The van der Waals surface area contributed by atoms with E-state index in [1.54, 1.807) is 6.07 Å². The third kappa shape index (κ3) is 3.83. The summed E-state index contributed by atoms with van der Waals surface area (Å²) in [5, 5.41) is 59.8. The van der Waals surface area contributed by atoms with Gasteiger partial charge in [-0.1, -0.05) is 0 Å². The third-order valence-electron chi connectivity index (χ3n) is 4.82. The first kappa shape index (κ1) is 19.8. The number of aldehydes is 1. The van der Waals surface area contributed by atoms with E-state index in [2.05, 4.69) is 0 Å². The predicted octanol–water partition coefficient (Wildman–Crippen LogP) is 1.95. The smallest absolute Gasteiger partial charge is 0.200 e. The zero-order chi connectivity index (χ0) is 20.4. The summed E-state index contributed by atoms with van der Waals surface area (Å²) < 4.78 is 5.75. The number of hydrogen-bond acceptors (Lipinski definition) is 8. The van der Waals surface area contributed by atoms with Crippen LogP contribution in [0.4, 0.5) is 0 Å². The van der Waals surface area contributed by atoms with Crippen LogP contribution in [0.15, 0.2) is 24.3 Å². The van der Waals surface area contributed by atoms with Crippen molar-refractivity contribution in [3.8, 4) is 28.7 Å². The van der Waals surface area contributed by atoms with Crippen molar-refractivity contribution in [3.63, 3.8) is 0 Å². The first-order valence-corrected chi connectivity index (χ1v) is 8.88. The molecule has 2 aromatic carbocycles. The lowest BCUT2D eigenvalue weighted by Crippen LogP contribution is -2.30. The quantitative estimate of drug-likeness (QED) is 0.249. The van der Waals surface area contributed by atoms with E-state index in [0.29, 0.717) is 36.1 Å². The summed E-state index contributed by atoms with van der Waals surface area (Å²) in [5.74, 6) is -1.64. The number of ether oxygens (including phenoxy) is 1. The van der Waals surface area contributed by atoms with Gasteiger partial charge in [0.05, 0.1) is 12.2 Å². The summed E-state index contributed by atoms with van der Waals surface area (Å²) in [6.07, 6.45) is -0.892. The van der Waals surface area contributed by atoms with Crippen molar-refractivity contribution < 1.29 is 40.2 Å². The number of phenolic OH excluding ortho intramolecular Hbond substituents is 4. The molecule has 0 aromatic heterocycles. The predicted molar refractivity (Wildman–Crippen MR) is 97.5 cm³/mol. The fraction of sp³-hybridized carbons (Fsp3) is 0.350. The highest BCUT2D eigenvalue weighted by atomic mass is 16.5. The minimum atomic E-state index is -1.03. The number of hydrogen-bond donors (Lipinski definition) is 6. The average molecular weight is 390 g/mol. The first-order valence-electron chi connectivity index (χ1n) is 8.88. The summed E-state index contributed by atoms with van der Waals surface area (Å²) in [4.78, 5) is 10.4. The maximum Gasteiger partial charge on any atom is 0.200 e. The number of benzene rings is 2. The number of carbonyl (C=O) groups excluding carboxylic acids is 1. The second kappa shape index (κ2) is 7.95. The van der Waals surface area contributed by atoms with E-state index in [1.807, 2.05) is 0 Å². The van der Waals surface area contributed by atoms with Gasteiger partial charge in [0, 0.05) is 30.0 Å². The largest absolute Gasteiger partial charge is 0.507 e. The molecule has 1 aliphatic heterocycles. The Bertz CT molecular complexity index is 856. The van der Waals surface area contributed by atoms with Gasteiger partial charge in [0.25, 0.3) is 0 Å². The minimum Gasteiger partial charge on any atom is -0.507 e. The molecule has 6 N–H and O–H groups in total. The molecule has 0 saturated heterocycles. The lowest BCUT2D eigenvalue weighted by molar-refractivity contribution is -0.108. The Morgan fingerprint density at radius 3 is 2.39 bits per heavy atom. The second-order valence-electron chi connectivity index (χ2n) is 6.85. The van der Waals surface area contributed by atoms with Crippen molar-refractivity contribution in [3.05, 3.63) is 41.0 Å². The fourth-order valence-corrected chi connectivity index (χ4v) is 3.35. The number of aromatic hydroxyl groups is 4. The van der Waals surface area contributed by atoms with Crippen molar-refractivity contribution in [1.82, 2.24) is 0 Å². The third-order valence-corrected chi connectivity index (χ3v) is 4.82. The highest BCUT2D eigenvalue weighted by Crippen LogP contribution is 2.43. The lowest BCUT2D eigenvalue weighted by Gasteiger charge is -2.32. The van der Waals surface area contributed by atoms with Gasteiger partial charge in [0.15, 0.2) is 23.4 Å². The van der Waals surface area contributed by atoms with Crippen LogP contribution in [0.3, 0.4) is 0 Å². The van der Waals surface area contributed by atoms with Gasteiger partial charge in [-0.15, -0.1) is 0 Å². The Kier molecular flexibility index (Phi) is 5.62. The Morgan fingerprint density at radius 2 is 1.75 bits per heavy atom. The van der Waals surface area contributed by atoms with E-state index >= 15 is 0 Å². The van der Waals surface area contributed by atoms with Crippen molar-refractivity contribution in [1.29, 1.82) is 0 Å². The molecule has 0 radical (unpaired) electrons. The summed E-state index contributed by atoms with van der Waals surface area (Å²) in [6, 6.07) is 5.26. The SMILES string of the molecule is O=CCCCC(O)c1cc2c(cc1O)OC(c1cc(O)c(O)c(O)c1)C(O)C2. The highest BCUT2D eigenvalue weighted by molar-refractivity contribution is 5.53. The molecule has 0 bridgehead atoms. The maximum atomic E-state index is 10.5. The Balaban J connectivity index is 1.87. The van der Waals surface area contributed by atoms with Crippen LogP contribution in [0.25, 0.3) is 0 Å². The van der Waals surface area contributed by atoms with Crippen LogP contribution in [-0.2, 0) is 11.2 Å². The molecule has 3 atom stereocenters. The van der Waals surface area contributed by atoms with E-state index < -0.39 is 35.6 Å². The van der Waals surface area contributed by atoms with Crippen molar-refractivity contribution >= 4 is 6.29 Å². The standard InChI is InChI=1S/C20H22O8/c21-4-2-1-3-13(22)12-5-10-6-17(26)20(28-18(10)9-14(12)23)11-7-15(24)19(27)16(25)8-11/h4-5,7-9,13,17,20,22-27H,1-3,6H2. The molecule has 150 valence electrons. The van der Waals surface area contributed by atoms with Gasteiger partial charge in [-0.2, -0.15) is 0 Å². The molecule has 3 unspecified atom stereocenters. The van der Waals surface area contributed by atoms with Gasteiger partial charge < -0.3 is 40.2 Å². The monoisotopic (exact) mass is 390 g/mol. The zero-order valence-electron chi connectivity index (χ0n) is 14.9. The van der Waals surface area contributed by atoms with Crippen molar-refractivity contribution in [2.24, 2.45) is 0 Å². The molecule has 0 aliphatic carbocycles. The van der Waals surface area contributed by atoms with Crippen LogP contribution >= 0.6 is 0 Å². The van der Waals surface area contributed by atoms with E-state index in [-0.39, 0.29) is 17.7 Å². The van der Waals surface area contributed by atoms with Crippen molar-refractivity contribution in [2.45, 2.75) is 44.0 Å². The molecule has 2 aromatic rings. The first-order chi connectivity index (χ1) is 13.3. The molecule has 8 nitrogen and oxygen atoms in total. The van der Waals surface area contributed by atoms with Crippen molar-refractivity contribution in [2.75, 3.05) is 0 Å². The molecule has 0 saturated carbocycles. The van der Waals surface area contributed by atoms with Gasteiger partial charge in [-0.25, -0.2) is 0 Å². The maximum absolute atomic E-state index is 10.5. The minimum absolute atomic E-state index is 0.150. The van der Waals surface area contributed by atoms with Crippen LogP contribution in [0, 0.1) is 0 Å². The van der Waals surface area contributed by atoms with Gasteiger partial charge in [0.2, 0.25) is 0 Å². The number of rotatable bonds is 6. The molecule has 0 amide bonds. The number of unbranched alkanes of at least 4 members (excludes halogenated alkanes) is 1. The van der Waals surface area contributed by atoms with Gasteiger partial charge in [-0.05, 0) is 36.6 Å². The Hall–Kier alpha value is -2.97. The topological polar surface area (TPSA) is 148 Å². The zero-order valence-corrected chi connectivity index (χ0v) is 14.9. The van der Waals surface area contributed by atoms with Crippen LogP contribution in [-0.4, -0.2) is 43.0 Å². The fourth-order valence-electron chi connectivity index (χ4n) is 3.35. The van der Waals surface area contributed by atoms with Gasteiger partial charge in [-0.3, -0.25) is 0 Å². The summed E-state index contributed by atoms with van der Waals surface area (Å²) in [5.41, 5.74) is 1.13. The van der Waals surface area contributed by atoms with E-state index in [9.17, 15) is 35.4 Å². The number of phenols is 4. The molecule has 0 spiro atoms. The van der Waals surface area contributed by atoms with Gasteiger partial charge in [0.1, 0.15) is 17.8 Å². The highest BCUT2D eigenvalue weighted by Gasteiger charge is 2.32. The van der Waals surface area contributed by atoms with E-state index in [4.69, 9.17) is 4.74 Å². The molecular formula is C20H22O8. The molecular weight excluding hydrogens is 368 g/mol. The average Bonchev–Trinajstić information content (AvgIpc) is 2.65. The number of carbonyl (C=O) groups is 1. The number of aliphatic hydroxyl groups excluding tert-OH is 2. The van der Waals surface area contributed by atoms with E-state index in [0.717, 1.165) is 6.29 Å². The van der Waals surface area contributed by atoms with Crippen LogP contribution in [0.2, 0.25) is 0 Å². The molecule has 28 heavy (non-hydrogen) atoms. The van der Waals surface area contributed by atoms with E-state index in [1.165, 1.54) is 18.2 Å². The Morgan fingerprint density at radius 1 is 1.07 bits per heavy atom. The molecule has 3 rings (SSSR count). The van der Waals surface area contributed by atoms with Gasteiger partial charge >= 0.3 is 0 Å². The van der Waals surface area contributed by atoms with Crippen LogP contribution in [0.1, 0.15) is 48.2 Å². The molecule has 1 heterocycles. The normalized spacial score (nSPS) is 19.5. The molecule has 0 fully saturated rings. The summed E-state index contributed by atoms with van der Waals surface area (Å²) >= 11 is 0. The summed E-state index contributed by atoms with van der Waals surface area (Å²) in [6.45, 7) is 0. The Labute approximate surface area is 160 Å². The molecule has 8 heteroatoms. The molecule has 1 aliphatic rings. The lowest BCUT2D eigenvalue weighted by atomic mass is 9.91. The van der Waals surface area contributed by atoms with Crippen LogP contribution < -0.4 is 4.74 Å². The van der Waals surface area contributed by atoms with Crippen LogP contribution in [0.5, 0.6) is 28.7 Å². The second-order valence-corrected chi connectivity index (χ2v) is 6.85. The number of aliphatic hydroxyl groups is 2.